The maximum atomic E-state index is 12.0. The van der Waals surface area contributed by atoms with Crippen molar-refractivity contribution in [3.05, 3.63) is 52.9 Å². The quantitative estimate of drug-likeness (QED) is 0.785. The third-order valence-electron chi connectivity index (χ3n) is 2.91. The number of amides is 1. The van der Waals surface area contributed by atoms with E-state index >= 15 is 0 Å². The van der Waals surface area contributed by atoms with Crippen molar-refractivity contribution in [1.82, 2.24) is 10.0 Å². The monoisotopic (exact) mass is 342 g/mol. The number of hydrogen-bond donors (Lipinski definition) is 2. The highest BCUT2D eigenvalue weighted by Crippen LogP contribution is 2.14. The minimum atomic E-state index is -3.65. The standard InChI is InChI=1S/C14H15ClN2O4S/c1-10-13(5-8-21-10)14(18)16-6-7-17-22(19,20)12-4-2-3-11(15)9-12/h2-5,8-9,17H,6-7H2,1H3,(H,16,18). The van der Waals surface area contributed by atoms with Crippen LogP contribution in [0.5, 0.6) is 0 Å². The molecule has 0 radical (unpaired) electrons. The summed E-state index contributed by atoms with van der Waals surface area (Å²) < 4.78 is 31.5. The Morgan fingerprint density at radius 1 is 1.27 bits per heavy atom. The summed E-state index contributed by atoms with van der Waals surface area (Å²) >= 11 is 5.77. The zero-order valence-electron chi connectivity index (χ0n) is 11.8. The number of carbonyl (C=O) groups is 1. The Hall–Kier alpha value is -1.83. The molecule has 22 heavy (non-hydrogen) atoms. The van der Waals surface area contributed by atoms with E-state index in [1.807, 2.05) is 0 Å². The fourth-order valence-corrected chi connectivity index (χ4v) is 3.13. The molecule has 2 aromatic rings. The van der Waals surface area contributed by atoms with Crippen LogP contribution in [0.4, 0.5) is 0 Å². The first kappa shape index (κ1) is 16.5. The molecule has 0 saturated heterocycles. The molecule has 8 heteroatoms. The van der Waals surface area contributed by atoms with E-state index in [2.05, 4.69) is 10.0 Å². The van der Waals surface area contributed by atoms with Crippen LogP contribution in [0.2, 0.25) is 5.02 Å². The molecule has 0 aliphatic carbocycles. The molecule has 0 saturated carbocycles. The maximum Gasteiger partial charge on any atom is 0.254 e. The van der Waals surface area contributed by atoms with Gasteiger partial charge in [-0.2, -0.15) is 0 Å². The van der Waals surface area contributed by atoms with E-state index < -0.39 is 10.0 Å². The van der Waals surface area contributed by atoms with E-state index in [1.165, 1.54) is 18.4 Å². The fourth-order valence-electron chi connectivity index (χ4n) is 1.79. The lowest BCUT2D eigenvalue weighted by Crippen LogP contribution is -2.34. The molecular formula is C14H15ClN2O4S. The number of hydrogen-bond acceptors (Lipinski definition) is 4. The normalized spacial score (nSPS) is 11.4. The van der Waals surface area contributed by atoms with Gasteiger partial charge < -0.3 is 9.73 Å². The third kappa shape index (κ3) is 4.09. The van der Waals surface area contributed by atoms with Crippen molar-refractivity contribution < 1.29 is 17.6 Å². The van der Waals surface area contributed by atoms with Crippen LogP contribution >= 0.6 is 11.6 Å². The first-order valence-corrected chi connectivity index (χ1v) is 8.34. The smallest absolute Gasteiger partial charge is 0.254 e. The molecular weight excluding hydrogens is 328 g/mol. The van der Waals surface area contributed by atoms with E-state index in [4.69, 9.17) is 16.0 Å². The average molecular weight is 343 g/mol. The highest BCUT2D eigenvalue weighted by molar-refractivity contribution is 7.89. The maximum absolute atomic E-state index is 12.0. The topological polar surface area (TPSA) is 88.4 Å². The van der Waals surface area contributed by atoms with Gasteiger partial charge in [-0.05, 0) is 31.2 Å². The molecule has 118 valence electrons. The van der Waals surface area contributed by atoms with E-state index in [9.17, 15) is 13.2 Å². The van der Waals surface area contributed by atoms with E-state index in [1.54, 1.807) is 25.1 Å². The fraction of sp³-hybridized carbons (Fsp3) is 0.214. The summed E-state index contributed by atoms with van der Waals surface area (Å²) in [6.07, 6.45) is 1.42. The summed E-state index contributed by atoms with van der Waals surface area (Å²) in [6, 6.07) is 7.51. The molecule has 1 amide bonds. The van der Waals surface area contributed by atoms with Gasteiger partial charge in [0.25, 0.3) is 5.91 Å². The lowest BCUT2D eigenvalue weighted by atomic mass is 10.2. The number of rotatable bonds is 6. The number of furan rings is 1. The molecule has 1 aromatic heterocycles. The van der Waals surface area contributed by atoms with Crippen LogP contribution in [-0.2, 0) is 10.0 Å². The predicted octanol–water partition coefficient (Wildman–Crippen LogP) is 1.95. The van der Waals surface area contributed by atoms with Crippen molar-refractivity contribution in [1.29, 1.82) is 0 Å². The zero-order valence-corrected chi connectivity index (χ0v) is 13.4. The number of nitrogens with one attached hydrogen (secondary N) is 2. The summed E-state index contributed by atoms with van der Waals surface area (Å²) in [5.41, 5.74) is 0.428. The van der Waals surface area contributed by atoms with Crippen molar-refractivity contribution >= 4 is 27.5 Å². The van der Waals surface area contributed by atoms with E-state index in [0.717, 1.165) is 0 Å². The van der Waals surface area contributed by atoms with Gasteiger partial charge in [-0.3, -0.25) is 4.79 Å². The lowest BCUT2D eigenvalue weighted by Gasteiger charge is -2.08. The SMILES string of the molecule is Cc1occc1C(=O)NCCNS(=O)(=O)c1cccc(Cl)c1. The second-order valence-electron chi connectivity index (χ2n) is 4.50. The number of carbonyl (C=O) groups excluding carboxylic acids is 1. The average Bonchev–Trinajstić information content (AvgIpc) is 2.90. The first-order valence-electron chi connectivity index (χ1n) is 6.47. The van der Waals surface area contributed by atoms with Gasteiger partial charge in [-0.25, -0.2) is 13.1 Å². The van der Waals surface area contributed by atoms with Crippen LogP contribution in [0, 0.1) is 6.92 Å². The summed E-state index contributed by atoms with van der Waals surface area (Å²) in [5, 5.41) is 2.95. The number of aryl methyl sites for hydroxylation is 1. The lowest BCUT2D eigenvalue weighted by molar-refractivity contribution is 0.0953. The largest absolute Gasteiger partial charge is 0.469 e. The van der Waals surface area contributed by atoms with Crippen molar-refractivity contribution in [2.24, 2.45) is 0 Å². The number of sulfonamides is 1. The Labute approximate surface area is 133 Å². The molecule has 0 aliphatic rings. The summed E-state index contributed by atoms with van der Waals surface area (Å²) in [6.45, 7) is 1.90. The Morgan fingerprint density at radius 2 is 2.05 bits per heavy atom. The van der Waals surface area contributed by atoms with Crippen LogP contribution in [0.1, 0.15) is 16.1 Å². The van der Waals surface area contributed by atoms with Crippen LogP contribution in [0.25, 0.3) is 0 Å². The molecule has 0 bridgehead atoms. The second kappa shape index (κ2) is 6.95. The van der Waals surface area contributed by atoms with Crippen molar-refractivity contribution in [2.75, 3.05) is 13.1 Å². The Bertz CT molecular complexity index is 771. The van der Waals surface area contributed by atoms with Gasteiger partial charge in [0.1, 0.15) is 5.76 Å². The van der Waals surface area contributed by atoms with Gasteiger partial charge in [0.15, 0.2) is 0 Å². The van der Waals surface area contributed by atoms with Crippen LogP contribution in [-0.4, -0.2) is 27.4 Å². The van der Waals surface area contributed by atoms with E-state index in [0.29, 0.717) is 16.3 Å². The van der Waals surface area contributed by atoms with Gasteiger partial charge in [-0.1, -0.05) is 17.7 Å². The van der Waals surface area contributed by atoms with Gasteiger partial charge in [0, 0.05) is 18.1 Å². The minimum absolute atomic E-state index is 0.0670. The number of benzene rings is 1. The van der Waals surface area contributed by atoms with Crippen molar-refractivity contribution in [2.45, 2.75) is 11.8 Å². The molecule has 0 aliphatic heterocycles. The molecule has 0 unspecified atom stereocenters. The molecule has 0 spiro atoms. The highest BCUT2D eigenvalue weighted by atomic mass is 35.5. The molecule has 1 heterocycles. The minimum Gasteiger partial charge on any atom is -0.469 e. The summed E-state index contributed by atoms with van der Waals surface area (Å²) in [4.78, 5) is 11.9. The molecule has 0 atom stereocenters. The van der Waals surface area contributed by atoms with Crippen molar-refractivity contribution in [3.63, 3.8) is 0 Å². The Balaban J connectivity index is 1.86. The van der Waals surface area contributed by atoms with Gasteiger partial charge >= 0.3 is 0 Å². The van der Waals surface area contributed by atoms with Crippen LogP contribution in [0.3, 0.4) is 0 Å². The van der Waals surface area contributed by atoms with Crippen molar-refractivity contribution in [3.8, 4) is 0 Å². The first-order chi connectivity index (χ1) is 10.4. The second-order valence-corrected chi connectivity index (χ2v) is 6.70. The van der Waals surface area contributed by atoms with Gasteiger partial charge in [0.2, 0.25) is 10.0 Å². The molecule has 1 aromatic carbocycles. The molecule has 6 nitrogen and oxygen atoms in total. The zero-order chi connectivity index (χ0) is 16.2. The molecule has 2 rings (SSSR count). The van der Waals surface area contributed by atoms with Crippen LogP contribution in [0.15, 0.2) is 45.9 Å². The molecule has 2 N–H and O–H groups in total. The third-order valence-corrected chi connectivity index (χ3v) is 4.61. The van der Waals surface area contributed by atoms with Gasteiger partial charge in [-0.15, -0.1) is 0 Å². The Kier molecular flexibility index (Phi) is 5.23. The van der Waals surface area contributed by atoms with Crippen LogP contribution < -0.4 is 10.0 Å². The van der Waals surface area contributed by atoms with E-state index in [-0.39, 0.29) is 23.9 Å². The van der Waals surface area contributed by atoms with Gasteiger partial charge in [0.05, 0.1) is 16.7 Å². The predicted molar refractivity (Wildman–Crippen MR) is 82.4 cm³/mol. The number of halogens is 1. The Morgan fingerprint density at radius 3 is 2.68 bits per heavy atom. The molecule has 0 fully saturated rings. The summed E-state index contributed by atoms with van der Waals surface area (Å²) in [7, 11) is -3.65. The summed E-state index contributed by atoms with van der Waals surface area (Å²) in [5.74, 6) is 0.199. The highest BCUT2D eigenvalue weighted by Gasteiger charge is 2.14.